The van der Waals surface area contributed by atoms with Crippen molar-refractivity contribution in [3.8, 4) is 0 Å². The lowest BCUT2D eigenvalue weighted by Crippen LogP contribution is -2.14. The van der Waals surface area contributed by atoms with E-state index in [1.807, 2.05) is 6.92 Å². The molecule has 2 aromatic rings. The van der Waals surface area contributed by atoms with E-state index in [1.54, 1.807) is 18.2 Å². The summed E-state index contributed by atoms with van der Waals surface area (Å²) in [5.41, 5.74) is 7.39. The molecule has 3 N–H and O–H groups in total. The molecule has 19 heavy (non-hydrogen) atoms. The van der Waals surface area contributed by atoms with Gasteiger partial charge in [0.15, 0.2) is 0 Å². The highest BCUT2D eigenvalue weighted by Gasteiger charge is 2.11. The third-order valence-corrected chi connectivity index (χ3v) is 3.10. The van der Waals surface area contributed by atoms with Crippen molar-refractivity contribution in [1.29, 1.82) is 0 Å². The summed E-state index contributed by atoms with van der Waals surface area (Å²) in [6, 6.07) is 8.82. The molecule has 0 aromatic heterocycles. The van der Waals surface area contributed by atoms with Crippen LogP contribution < -0.4 is 11.1 Å². The fourth-order valence-electron chi connectivity index (χ4n) is 1.61. The smallest absolute Gasteiger partial charge is 0.257 e. The lowest BCUT2D eigenvalue weighted by molar-refractivity contribution is 0.102. The van der Waals surface area contributed by atoms with Crippen molar-refractivity contribution < 1.29 is 9.18 Å². The number of aryl methyl sites for hydroxylation is 1. The van der Waals surface area contributed by atoms with Crippen LogP contribution in [0.4, 0.5) is 15.8 Å². The third kappa shape index (κ3) is 3.03. The SMILES string of the molecule is Cc1ccc(NC(=O)c2ccc(F)cc2N)cc1Cl. The molecule has 0 aliphatic rings. The molecule has 0 heterocycles. The maximum atomic E-state index is 12.9. The molecule has 0 aliphatic heterocycles. The standard InChI is InChI=1S/C14H12ClFN2O/c1-8-2-4-10(7-12(8)15)18-14(19)11-5-3-9(16)6-13(11)17/h2-7H,17H2,1H3,(H,18,19). The minimum Gasteiger partial charge on any atom is -0.398 e. The van der Waals surface area contributed by atoms with Gasteiger partial charge in [-0.2, -0.15) is 0 Å². The second-order valence-corrected chi connectivity index (χ2v) is 4.56. The number of benzene rings is 2. The fourth-order valence-corrected chi connectivity index (χ4v) is 1.79. The second-order valence-electron chi connectivity index (χ2n) is 4.15. The zero-order valence-electron chi connectivity index (χ0n) is 10.2. The molecule has 0 saturated heterocycles. The van der Waals surface area contributed by atoms with Crippen LogP contribution in [0.3, 0.4) is 0 Å². The van der Waals surface area contributed by atoms with E-state index in [2.05, 4.69) is 5.32 Å². The summed E-state index contributed by atoms with van der Waals surface area (Å²) in [4.78, 5) is 12.0. The summed E-state index contributed by atoms with van der Waals surface area (Å²) in [6.45, 7) is 1.87. The Morgan fingerprint density at radius 1 is 1.26 bits per heavy atom. The number of nitrogen functional groups attached to an aromatic ring is 1. The summed E-state index contributed by atoms with van der Waals surface area (Å²) in [5.74, 6) is -0.884. The van der Waals surface area contributed by atoms with Crippen molar-refractivity contribution in [3.63, 3.8) is 0 Å². The van der Waals surface area contributed by atoms with Gasteiger partial charge in [0, 0.05) is 16.4 Å². The number of hydrogen-bond acceptors (Lipinski definition) is 2. The quantitative estimate of drug-likeness (QED) is 0.824. The highest BCUT2D eigenvalue weighted by molar-refractivity contribution is 6.31. The van der Waals surface area contributed by atoms with Crippen molar-refractivity contribution in [3.05, 3.63) is 58.4 Å². The molecular weight excluding hydrogens is 267 g/mol. The van der Waals surface area contributed by atoms with Crippen LogP contribution in [-0.4, -0.2) is 5.91 Å². The van der Waals surface area contributed by atoms with E-state index in [0.717, 1.165) is 11.6 Å². The number of nitrogens with two attached hydrogens (primary N) is 1. The highest BCUT2D eigenvalue weighted by Crippen LogP contribution is 2.21. The predicted molar refractivity (Wildman–Crippen MR) is 75.0 cm³/mol. The number of rotatable bonds is 2. The molecule has 5 heteroatoms. The van der Waals surface area contributed by atoms with E-state index >= 15 is 0 Å². The van der Waals surface area contributed by atoms with Crippen LogP contribution in [-0.2, 0) is 0 Å². The van der Waals surface area contributed by atoms with Gasteiger partial charge >= 0.3 is 0 Å². The lowest BCUT2D eigenvalue weighted by Gasteiger charge is -2.08. The van der Waals surface area contributed by atoms with Gasteiger partial charge in [-0.05, 0) is 42.8 Å². The van der Waals surface area contributed by atoms with Crippen molar-refractivity contribution >= 4 is 28.9 Å². The minimum atomic E-state index is -0.479. The Kier molecular flexibility index (Phi) is 3.71. The van der Waals surface area contributed by atoms with E-state index in [-0.39, 0.29) is 11.3 Å². The van der Waals surface area contributed by atoms with E-state index in [9.17, 15) is 9.18 Å². The second kappa shape index (κ2) is 5.28. The van der Waals surface area contributed by atoms with Gasteiger partial charge in [-0.25, -0.2) is 4.39 Å². The first-order valence-corrected chi connectivity index (χ1v) is 5.97. The Morgan fingerprint density at radius 2 is 2.00 bits per heavy atom. The average molecular weight is 279 g/mol. The lowest BCUT2D eigenvalue weighted by atomic mass is 10.1. The molecule has 0 bridgehead atoms. The number of hydrogen-bond donors (Lipinski definition) is 2. The van der Waals surface area contributed by atoms with Gasteiger partial charge in [-0.1, -0.05) is 17.7 Å². The van der Waals surface area contributed by atoms with Crippen molar-refractivity contribution in [2.75, 3.05) is 11.1 Å². The zero-order valence-corrected chi connectivity index (χ0v) is 11.0. The van der Waals surface area contributed by atoms with Gasteiger partial charge in [-0.15, -0.1) is 0 Å². The van der Waals surface area contributed by atoms with Crippen LogP contribution in [0.15, 0.2) is 36.4 Å². The van der Waals surface area contributed by atoms with Crippen LogP contribution in [0.2, 0.25) is 5.02 Å². The Balaban J connectivity index is 2.23. The molecule has 2 aromatic carbocycles. The Morgan fingerprint density at radius 3 is 2.63 bits per heavy atom. The van der Waals surface area contributed by atoms with Crippen molar-refractivity contribution in [1.82, 2.24) is 0 Å². The fraction of sp³-hybridized carbons (Fsp3) is 0.0714. The molecule has 0 spiro atoms. The number of halogens is 2. The molecule has 0 radical (unpaired) electrons. The molecule has 0 unspecified atom stereocenters. The van der Waals surface area contributed by atoms with Crippen LogP contribution in [0.25, 0.3) is 0 Å². The molecule has 0 atom stereocenters. The first-order valence-electron chi connectivity index (χ1n) is 5.60. The van der Waals surface area contributed by atoms with Crippen molar-refractivity contribution in [2.45, 2.75) is 6.92 Å². The van der Waals surface area contributed by atoms with E-state index in [0.29, 0.717) is 10.7 Å². The van der Waals surface area contributed by atoms with Gasteiger partial charge in [0.2, 0.25) is 0 Å². The van der Waals surface area contributed by atoms with Gasteiger partial charge in [0.25, 0.3) is 5.91 Å². The van der Waals surface area contributed by atoms with Crippen LogP contribution in [0, 0.1) is 12.7 Å². The molecule has 1 amide bonds. The maximum absolute atomic E-state index is 12.9. The Hall–Kier alpha value is -2.07. The minimum absolute atomic E-state index is 0.0932. The number of amides is 1. The Labute approximate surface area is 115 Å². The molecule has 0 aliphatic carbocycles. The molecule has 2 rings (SSSR count). The summed E-state index contributed by atoms with van der Waals surface area (Å²) in [5, 5.41) is 3.22. The van der Waals surface area contributed by atoms with Gasteiger partial charge in [0.1, 0.15) is 5.82 Å². The number of anilines is 2. The van der Waals surface area contributed by atoms with Crippen molar-refractivity contribution in [2.24, 2.45) is 0 Å². The predicted octanol–water partition coefficient (Wildman–Crippen LogP) is 3.62. The van der Waals surface area contributed by atoms with Gasteiger partial charge in [-0.3, -0.25) is 4.79 Å². The number of carbonyl (C=O) groups is 1. The summed E-state index contributed by atoms with van der Waals surface area (Å²) >= 11 is 5.97. The van der Waals surface area contributed by atoms with Gasteiger partial charge < -0.3 is 11.1 Å². The van der Waals surface area contributed by atoms with Crippen LogP contribution in [0.5, 0.6) is 0 Å². The first kappa shape index (κ1) is 13.4. The highest BCUT2D eigenvalue weighted by atomic mass is 35.5. The molecule has 3 nitrogen and oxygen atoms in total. The summed E-state index contributed by atoms with van der Waals surface area (Å²) in [6.07, 6.45) is 0. The van der Waals surface area contributed by atoms with E-state index in [4.69, 9.17) is 17.3 Å². The molecular formula is C14H12ClFN2O. The Bertz CT molecular complexity index is 643. The van der Waals surface area contributed by atoms with Crippen LogP contribution in [0.1, 0.15) is 15.9 Å². The first-order chi connectivity index (χ1) is 8.97. The normalized spacial score (nSPS) is 10.3. The topological polar surface area (TPSA) is 55.1 Å². The summed E-state index contributed by atoms with van der Waals surface area (Å²) in [7, 11) is 0. The zero-order chi connectivity index (χ0) is 14.0. The number of nitrogens with one attached hydrogen (secondary N) is 1. The van der Waals surface area contributed by atoms with Crippen LogP contribution >= 0.6 is 11.6 Å². The molecule has 98 valence electrons. The molecule has 0 fully saturated rings. The third-order valence-electron chi connectivity index (χ3n) is 2.69. The molecule has 0 saturated carbocycles. The van der Waals surface area contributed by atoms with Gasteiger partial charge in [0.05, 0.1) is 5.56 Å². The monoisotopic (exact) mass is 278 g/mol. The summed E-state index contributed by atoms with van der Waals surface area (Å²) < 4.78 is 12.9. The maximum Gasteiger partial charge on any atom is 0.257 e. The van der Waals surface area contributed by atoms with E-state index < -0.39 is 11.7 Å². The number of carbonyl (C=O) groups excluding carboxylic acids is 1. The van der Waals surface area contributed by atoms with E-state index in [1.165, 1.54) is 12.1 Å². The average Bonchev–Trinajstić information content (AvgIpc) is 2.33. The largest absolute Gasteiger partial charge is 0.398 e.